The minimum atomic E-state index is -0.927. The Morgan fingerprint density at radius 2 is 1.67 bits per heavy atom. The second kappa shape index (κ2) is 6.95. The number of Topliss-reactive ketones (excluding diaryl/α,β-unsaturated/α-hetero) is 2. The Kier molecular flexibility index (Phi) is 4.59. The molecule has 1 aliphatic carbocycles. The molecular formula is C26H28ClNO2. The number of fused-ring (bicyclic) bond motifs is 4. The Hall–Kier alpha value is -2.13. The molecule has 3 nitrogen and oxygen atoms in total. The van der Waals surface area contributed by atoms with Gasteiger partial charge in [-0.3, -0.25) is 9.59 Å². The monoisotopic (exact) mass is 421 g/mol. The zero-order chi connectivity index (χ0) is 21.1. The average molecular weight is 422 g/mol. The van der Waals surface area contributed by atoms with Gasteiger partial charge in [0.1, 0.15) is 17.0 Å². The summed E-state index contributed by atoms with van der Waals surface area (Å²) in [6.45, 7) is 4.92. The summed E-state index contributed by atoms with van der Waals surface area (Å²) in [4.78, 5) is 29.7. The third-order valence-electron chi connectivity index (χ3n) is 7.54. The van der Waals surface area contributed by atoms with Crippen LogP contribution in [0.1, 0.15) is 56.6 Å². The maximum absolute atomic E-state index is 13.7. The molecule has 0 N–H and O–H groups in total. The zero-order valence-electron chi connectivity index (χ0n) is 17.7. The van der Waals surface area contributed by atoms with Gasteiger partial charge in [-0.25, -0.2) is 0 Å². The Morgan fingerprint density at radius 1 is 0.967 bits per heavy atom. The SMILES string of the molecule is CC1(C)CC(=O)C2(Cc3ccc(Cl)cc3N3CC[C@@H](c4ccccc4)C[C@H]32)C(=O)C1. The molecule has 0 unspecified atom stereocenters. The van der Waals surface area contributed by atoms with Crippen LogP contribution >= 0.6 is 11.6 Å². The number of halogens is 1. The molecule has 4 heteroatoms. The second-order valence-corrected chi connectivity index (χ2v) is 10.6. The summed E-state index contributed by atoms with van der Waals surface area (Å²) in [7, 11) is 0. The van der Waals surface area contributed by atoms with Crippen LogP contribution in [0.3, 0.4) is 0 Å². The van der Waals surface area contributed by atoms with Gasteiger partial charge in [0.2, 0.25) is 0 Å². The van der Waals surface area contributed by atoms with E-state index in [9.17, 15) is 9.59 Å². The van der Waals surface area contributed by atoms with Crippen LogP contribution in [0.15, 0.2) is 48.5 Å². The molecule has 30 heavy (non-hydrogen) atoms. The van der Waals surface area contributed by atoms with Crippen LogP contribution in [0.4, 0.5) is 5.69 Å². The highest BCUT2D eigenvalue weighted by atomic mass is 35.5. The van der Waals surface area contributed by atoms with Gasteiger partial charge in [0, 0.05) is 36.1 Å². The van der Waals surface area contributed by atoms with Crippen molar-refractivity contribution in [2.24, 2.45) is 10.8 Å². The van der Waals surface area contributed by atoms with Crippen molar-refractivity contribution < 1.29 is 9.59 Å². The molecule has 2 aliphatic heterocycles. The molecule has 0 aromatic heterocycles. The van der Waals surface area contributed by atoms with E-state index in [0.717, 1.165) is 30.6 Å². The lowest BCUT2D eigenvalue weighted by Crippen LogP contribution is -2.65. The summed E-state index contributed by atoms with van der Waals surface area (Å²) in [6, 6.07) is 16.4. The Labute approximate surface area is 183 Å². The summed E-state index contributed by atoms with van der Waals surface area (Å²) in [5.41, 5.74) is 2.31. The van der Waals surface area contributed by atoms with Crippen LogP contribution in [0.2, 0.25) is 5.02 Å². The third kappa shape index (κ3) is 3.01. The molecule has 156 valence electrons. The molecule has 0 radical (unpaired) electrons. The number of anilines is 1. The highest BCUT2D eigenvalue weighted by Crippen LogP contribution is 2.54. The van der Waals surface area contributed by atoms with Crippen molar-refractivity contribution in [3.8, 4) is 0 Å². The fourth-order valence-corrected chi connectivity index (χ4v) is 6.26. The van der Waals surface area contributed by atoms with Gasteiger partial charge in [0.25, 0.3) is 0 Å². The quantitative estimate of drug-likeness (QED) is 0.563. The van der Waals surface area contributed by atoms with Crippen LogP contribution in [-0.2, 0) is 16.0 Å². The first kappa shape index (κ1) is 19.8. The summed E-state index contributed by atoms with van der Waals surface area (Å²) in [5, 5.41) is 0.705. The topological polar surface area (TPSA) is 37.4 Å². The number of rotatable bonds is 1. The van der Waals surface area contributed by atoms with Crippen molar-refractivity contribution in [3.05, 3.63) is 64.7 Å². The Morgan fingerprint density at radius 3 is 2.37 bits per heavy atom. The minimum absolute atomic E-state index is 0.0986. The van der Waals surface area contributed by atoms with E-state index < -0.39 is 5.41 Å². The van der Waals surface area contributed by atoms with Gasteiger partial charge >= 0.3 is 0 Å². The Bertz CT molecular complexity index is 993. The molecule has 3 aliphatic rings. The molecule has 1 spiro atoms. The number of hydrogen-bond donors (Lipinski definition) is 0. The first-order chi connectivity index (χ1) is 14.3. The molecule has 0 amide bonds. The fourth-order valence-electron chi connectivity index (χ4n) is 6.09. The van der Waals surface area contributed by atoms with Gasteiger partial charge in [-0.2, -0.15) is 0 Å². The van der Waals surface area contributed by atoms with E-state index >= 15 is 0 Å². The number of piperidine rings is 1. The minimum Gasteiger partial charge on any atom is -0.367 e. The lowest BCUT2D eigenvalue weighted by molar-refractivity contribution is -0.151. The number of benzene rings is 2. The molecule has 1 saturated heterocycles. The van der Waals surface area contributed by atoms with Gasteiger partial charge in [-0.05, 0) is 53.9 Å². The number of nitrogens with zero attached hydrogens (tertiary/aromatic N) is 1. The molecule has 0 bridgehead atoms. The number of carbonyl (C=O) groups is 2. The predicted octanol–water partition coefficient (Wildman–Crippen LogP) is 5.59. The van der Waals surface area contributed by atoms with Crippen molar-refractivity contribution in [1.82, 2.24) is 0 Å². The first-order valence-electron chi connectivity index (χ1n) is 11.0. The smallest absolute Gasteiger partial charge is 0.149 e. The van der Waals surface area contributed by atoms with Crippen molar-refractivity contribution in [1.29, 1.82) is 0 Å². The van der Waals surface area contributed by atoms with Crippen molar-refractivity contribution >= 4 is 28.9 Å². The molecule has 2 fully saturated rings. The molecule has 5 rings (SSSR count). The van der Waals surface area contributed by atoms with E-state index in [2.05, 4.69) is 29.2 Å². The normalized spacial score (nSPS) is 27.0. The summed E-state index contributed by atoms with van der Waals surface area (Å²) >= 11 is 6.34. The summed E-state index contributed by atoms with van der Waals surface area (Å²) in [5.74, 6) is 0.627. The van der Waals surface area contributed by atoms with Crippen LogP contribution in [0.25, 0.3) is 0 Å². The fraction of sp³-hybridized carbons (Fsp3) is 0.462. The largest absolute Gasteiger partial charge is 0.367 e. The van der Waals surface area contributed by atoms with Gasteiger partial charge in [-0.1, -0.05) is 61.8 Å². The lowest BCUT2D eigenvalue weighted by atomic mass is 9.55. The second-order valence-electron chi connectivity index (χ2n) is 10.1. The van der Waals surface area contributed by atoms with E-state index in [1.807, 2.05) is 38.1 Å². The summed E-state index contributed by atoms with van der Waals surface area (Å²) in [6.07, 6.45) is 3.30. The summed E-state index contributed by atoms with van der Waals surface area (Å²) < 4.78 is 0. The maximum Gasteiger partial charge on any atom is 0.149 e. The van der Waals surface area contributed by atoms with E-state index in [4.69, 9.17) is 11.6 Å². The van der Waals surface area contributed by atoms with Crippen molar-refractivity contribution in [2.75, 3.05) is 11.4 Å². The van der Waals surface area contributed by atoms with Crippen LogP contribution < -0.4 is 4.90 Å². The number of hydrogen-bond acceptors (Lipinski definition) is 3. The van der Waals surface area contributed by atoms with Gasteiger partial charge in [0.05, 0.1) is 0 Å². The van der Waals surface area contributed by atoms with Crippen LogP contribution in [-0.4, -0.2) is 24.2 Å². The van der Waals surface area contributed by atoms with Gasteiger partial charge in [0.15, 0.2) is 0 Å². The van der Waals surface area contributed by atoms with Crippen molar-refractivity contribution in [3.63, 3.8) is 0 Å². The average Bonchev–Trinajstić information content (AvgIpc) is 2.72. The standard InChI is InChI=1S/C26H28ClNO2/c1-25(2)15-23(29)26(24(30)16-25)14-19-8-9-20(27)13-21(19)28-11-10-18(12-22(26)28)17-6-4-3-5-7-17/h3-9,13,18,22H,10-12,14-16H2,1-2H3/t18-,22+/m1/s1. The predicted molar refractivity (Wildman–Crippen MR) is 120 cm³/mol. The van der Waals surface area contributed by atoms with E-state index in [-0.39, 0.29) is 23.0 Å². The van der Waals surface area contributed by atoms with E-state index in [0.29, 0.717) is 30.2 Å². The third-order valence-corrected chi connectivity index (χ3v) is 7.78. The van der Waals surface area contributed by atoms with Gasteiger partial charge in [-0.15, -0.1) is 0 Å². The molecular weight excluding hydrogens is 394 g/mol. The molecule has 2 atom stereocenters. The van der Waals surface area contributed by atoms with Crippen LogP contribution in [0.5, 0.6) is 0 Å². The van der Waals surface area contributed by atoms with Crippen LogP contribution in [0, 0.1) is 10.8 Å². The molecule has 2 heterocycles. The molecule has 1 saturated carbocycles. The lowest BCUT2D eigenvalue weighted by Gasteiger charge is -2.56. The highest BCUT2D eigenvalue weighted by molar-refractivity contribution is 6.31. The zero-order valence-corrected chi connectivity index (χ0v) is 18.4. The first-order valence-corrected chi connectivity index (χ1v) is 11.3. The number of ketones is 2. The van der Waals surface area contributed by atoms with Gasteiger partial charge < -0.3 is 4.90 Å². The Balaban J connectivity index is 1.62. The van der Waals surface area contributed by atoms with E-state index in [1.54, 1.807) is 0 Å². The van der Waals surface area contributed by atoms with E-state index in [1.165, 1.54) is 5.56 Å². The molecule has 2 aromatic carbocycles. The molecule has 2 aromatic rings. The highest BCUT2D eigenvalue weighted by Gasteiger charge is 2.60. The number of carbonyl (C=O) groups excluding carboxylic acids is 2. The maximum atomic E-state index is 13.7. The van der Waals surface area contributed by atoms with Crippen molar-refractivity contribution in [2.45, 2.75) is 57.9 Å².